The molecule has 0 radical (unpaired) electrons. The molecule has 4 aromatic rings. The Morgan fingerprint density at radius 3 is 3.13 bits per heavy atom. The van der Waals surface area contributed by atoms with Gasteiger partial charge < -0.3 is 10.4 Å². The minimum Gasteiger partial charge on any atom is -0.390 e. The summed E-state index contributed by atoms with van der Waals surface area (Å²) in [6, 6.07) is 6.35. The van der Waals surface area contributed by atoms with Gasteiger partial charge in [0.1, 0.15) is 22.7 Å². The van der Waals surface area contributed by atoms with Crippen LogP contribution in [0, 0.1) is 5.92 Å². The SMILES string of the molecule is OCc1cn(C[C@@H]2CCc3c(sc4ncnc(Nc5ccc6c(c5)C=NC6)c34)C2)nn1. The molecule has 0 amide bonds. The molecule has 0 saturated carbocycles. The summed E-state index contributed by atoms with van der Waals surface area (Å²) in [5, 5.41) is 22.0. The molecular weight excluding hydrogens is 410 g/mol. The highest BCUT2D eigenvalue weighted by atomic mass is 32.1. The Bertz CT molecular complexity index is 1310. The zero-order valence-corrected chi connectivity index (χ0v) is 17.6. The van der Waals surface area contributed by atoms with Crippen LogP contribution in [0.1, 0.15) is 33.7 Å². The van der Waals surface area contributed by atoms with Crippen molar-refractivity contribution >= 4 is 39.3 Å². The minimum atomic E-state index is -0.0728. The van der Waals surface area contributed by atoms with E-state index in [0.717, 1.165) is 54.1 Å². The Hall–Kier alpha value is -3.17. The monoisotopic (exact) mass is 431 g/mol. The van der Waals surface area contributed by atoms with Crippen LogP contribution in [0.4, 0.5) is 11.5 Å². The summed E-state index contributed by atoms with van der Waals surface area (Å²) in [7, 11) is 0. The van der Waals surface area contributed by atoms with Crippen LogP contribution in [-0.4, -0.2) is 36.3 Å². The molecule has 8 nitrogen and oxygen atoms in total. The van der Waals surface area contributed by atoms with Crippen LogP contribution in [0.5, 0.6) is 0 Å². The summed E-state index contributed by atoms with van der Waals surface area (Å²) in [6.07, 6.45) is 8.48. The highest BCUT2D eigenvalue weighted by Crippen LogP contribution is 2.40. The van der Waals surface area contributed by atoms with Gasteiger partial charge in [-0.05, 0) is 54.0 Å². The van der Waals surface area contributed by atoms with Crippen LogP contribution < -0.4 is 5.32 Å². The molecule has 2 N–H and O–H groups in total. The van der Waals surface area contributed by atoms with Crippen molar-refractivity contribution in [1.29, 1.82) is 0 Å². The van der Waals surface area contributed by atoms with Crippen molar-refractivity contribution in [3.63, 3.8) is 0 Å². The van der Waals surface area contributed by atoms with Crippen LogP contribution in [0.25, 0.3) is 10.2 Å². The molecule has 4 heterocycles. The van der Waals surface area contributed by atoms with E-state index in [2.05, 4.69) is 48.8 Å². The molecule has 31 heavy (non-hydrogen) atoms. The van der Waals surface area contributed by atoms with Gasteiger partial charge >= 0.3 is 0 Å². The lowest BCUT2D eigenvalue weighted by Crippen LogP contribution is -2.19. The molecular formula is C22H21N7OS. The van der Waals surface area contributed by atoms with Crippen molar-refractivity contribution in [3.8, 4) is 0 Å². The molecule has 0 spiro atoms. The van der Waals surface area contributed by atoms with Crippen LogP contribution >= 0.6 is 11.3 Å². The number of fused-ring (bicyclic) bond motifs is 4. The van der Waals surface area contributed by atoms with E-state index >= 15 is 0 Å². The van der Waals surface area contributed by atoms with E-state index in [1.54, 1.807) is 17.7 Å². The highest BCUT2D eigenvalue weighted by Gasteiger charge is 2.26. The Balaban J connectivity index is 1.28. The second kappa shape index (κ2) is 7.51. The molecule has 0 unspecified atom stereocenters. The van der Waals surface area contributed by atoms with E-state index in [1.165, 1.54) is 21.6 Å². The normalized spacial score (nSPS) is 17.1. The number of benzene rings is 1. The van der Waals surface area contributed by atoms with Gasteiger partial charge in [0, 0.05) is 23.3 Å². The number of thiophene rings is 1. The molecule has 6 rings (SSSR count). The average Bonchev–Trinajstić information content (AvgIpc) is 3.51. The van der Waals surface area contributed by atoms with Crippen LogP contribution in [0.2, 0.25) is 0 Å². The van der Waals surface area contributed by atoms with Gasteiger partial charge in [-0.2, -0.15) is 0 Å². The van der Waals surface area contributed by atoms with E-state index in [1.807, 2.05) is 17.1 Å². The van der Waals surface area contributed by atoms with E-state index in [-0.39, 0.29) is 6.61 Å². The summed E-state index contributed by atoms with van der Waals surface area (Å²) >= 11 is 1.77. The number of anilines is 2. The van der Waals surface area contributed by atoms with Gasteiger partial charge in [0.05, 0.1) is 24.7 Å². The van der Waals surface area contributed by atoms with Crippen molar-refractivity contribution in [2.75, 3.05) is 5.32 Å². The van der Waals surface area contributed by atoms with E-state index in [0.29, 0.717) is 11.6 Å². The fraction of sp³-hybridized carbons (Fsp3) is 0.318. The smallest absolute Gasteiger partial charge is 0.142 e. The maximum atomic E-state index is 9.21. The maximum absolute atomic E-state index is 9.21. The molecule has 0 saturated heterocycles. The molecule has 0 bridgehead atoms. The third-order valence-corrected chi connectivity index (χ3v) is 7.20. The largest absolute Gasteiger partial charge is 0.390 e. The first-order valence-electron chi connectivity index (χ1n) is 10.4. The zero-order valence-electron chi connectivity index (χ0n) is 16.8. The molecule has 0 fully saturated rings. The standard InChI is InChI=1S/C22H21N7OS/c30-11-17-10-29(28-27-17)9-13-1-4-18-19(5-13)31-22-20(18)21(24-12-25-22)26-16-3-2-14-7-23-8-15(14)6-16/h2-3,6,8,10,12-13,30H,1,4-5,7,9,11H2,(H,24,25,26)/t13-/m1/s1. The topological polar surface area (TPSA) is 101 Å². The van der Waals surface area contributed by atoms with Crippen molar-refractivity contribution in [1.82, 2.24) is 25.0 Å². The lowest BCUT2D eigenvalue weighted by Gasteiger charge is -2.22. The Labute approximate surface area is 182 Å². The highest BCUT2D eigenvalue weighted by molar-refractivity contribution is 7.19. The summed E-state index contributed by atoms with van der Waals surface area (Å²) in [4.78, 5) is 15.9. The van der Waals surface area contributed by atoms with Gasteiger partial charge in [-0.15, -0.1) is 16.4 Å². The second-order valence-electron chi connectivity index (χ2n) is 8.11. The molecule has 1 aliphatic carbocycles. The van der Waals surface area contributed by atoms with Crippen LogP contribution in [0.15, 0.2) is 35.7 Å². The van der Waals surface area contributed by atoms with Crippen molar-refractivity contribution in [2.24, 2.45) is 10.9 Å². The quantitative estimate of drug-likeness (QED) is 0.503. The van der Waals surface area contributed by atoms with Crippen LogP contribution in [-0.2, 0) is 32.5 Å². The van der Waals surface area contributed by atoms with Crippen molar-refractivity contribution in [3.05, 3.63) is 58.0 Å². The number of hydrogen-bond acceptors (Lipinski definition) is 8. The Morgan fingerprint density at radius 2 is 2.23 bits per heavy atom. The molecule has 2 aliphatic rings. The Kier molecular flexibility index (Phi) is 4.50. The zero-order chi connectivity index (χ0) is 20.8. The fourth-order valence-electron chi connectivity index (χ4n) is 4.51. The van der Waals surface area contributed by atoms with E-state index in [4.69, 9.17) is 0 Å². The maximum Gasteiger partial charge on any atom is 0.142 e. The predicted octanol–water partition coefficient (Wildman–Crippen LogP) is 3.26. The number of aromatic nitrogens is 5. The molecule has 1 atom stereocenters. The molecule has 1 aromatic carbocycles. The van der Waals surface area contributed by atoms with Crippen LogP contribution in [0.3, 0.4) is 0 Å². The number of aryl methyl sites for hydroxylation is 1. The summed E-state index contributed by atoms with van der Waals surface area (Å²) in [5.41, 5.74) is 5.43. The first-order chi connectivity index (χ1) is 15.3. The number of aliphatic imine (C=N–C) groups is 1. The van der Waals surface area contributed by atoms with Crippen molar-refractivity contribution in [2.45, 2.75) is 39.0 Å². The third-order valence-electron chi connectivity index (χ3n) is 6.04. The number of aliphatic hydroxyl groups excluding tert-OH is 1. The van der Waals surface area contributed by atoms with Gasteiger partial charge in [-0.3, -0.25) is 9.67 Å². The molecule has 156 valence electrons. The number of aliphatic hydroxyl groups is 1. The summed E-state index contributed by atoms with van der Waals surface area (Å²) in [6.45, 7) is 1.51. The number of rotatable bonds is 5. The van der Waals surface area contributed by atoms with Gasteiger partial charge in [-0.25, -0.2) is 9.97 Å². The fourth-order valence-corrected chi connectivity index (χ4v) is 5.81. The number of nitrogens with zero attached hydrogens (tertiary/aromatic N) is 6. The summed E-state index contributed by atoms with van der Waals surface area (Å²) in [5.74, 6) is 1.37. The van der Waals surface area contributed by atoms with Gasteiger partial charge in [-0.1, -0.05) is 11.3 Å². The molecule has 3 aromatic heterocycles. The first kappa shape index (κ1) is 18.6. The van der Waals surface area contributed by atoms with Crippen molar-refractivity contribution < 1.29 is 5.11 Å². The van der Waals surface area contributed by atoms with Gasteiger partial charge in [0.2, 0.25) is 0 Å². The molecule has 9 heteroatoms. The van der Waals surface area contributed by atoms with Gasteiger partial charge in [0.15, 0.2) is 0 Å². The average molecular weight is 432 g/mol. The minimum absolute atomic E-state index is 0.0728. The van der Waals surface area contributed by atoms with Gasteiger partial charge in [0.25, 0.3) is 0 Å². The Morgan fingerprint density at radius 1 is 1.26 bits per heavy atom. The third kappa shape index (κ3) is 3.39. The number of hydrogen-bond donors (Lipinski definition) is 2. The predicted molar refractivity (Wildman–Crippen MR) is 120 cm³/mol. The van der Waals surface area contributed by atoms with E-state index in [9.17, 15) is 5.11 Å². The lowest BCUT2D eigenvalue weighted by atomic mass is 9.88. The second-order valence-corrected chi connectivity index (χ2v) is 9.20. The lowest BCUT2D eigenvalue weighted by molar-refractivity contribution is 0.276. The number of nitrogens with one attached hydrogen (secondary N) is 1. The first-order valence-corrected chi connectivity index (χ1v) is 11.2. The molecule has 1 aliphatic heterocycles. The van der Waals surface area contributed by atoms with E-state index < -0.39 is 0 Å². The summed E-state index contributed by atoms with van der Waals surface area (Å²) < 4.78 is 1.85.